The van der Waals surface area contributed by atoms with Crippen LogP contribution in [-0.4, -0.2) is 93.1 Å². The molecule has 2 aliphatic rings. The van der Waals surface area contributed by atoms with Crippen molar-refractivity contribution in [3.63, 3.8) is 0 Å². The zero-order chi connectivity index (χ0) is 39.1. The van der Waals surface area contributed by atoms with Gasteiger partial charge < -0.3 is 34.7 Å². The number of hydrogen-bond donors (Lipinski definition) is 5. The molecule has 2 aromatic heterocycles. The van der Waals surface area contributed by atoms with E-state index in [2.05, 4.69) is 0 Å². The van der Waals surface area contributed by atoms with Gasteiger partial charge >= 0.3 is 11.9 Å². The molecule has 0 atom stereocenters. The summed E-state index contributed by atoms with van der Waals surface area (Å²) < 4.78 is 2.88. The van der Waals surface area contributed by atoms with Gasteiger partial charge in [0.2, 0.25) is 0 Å². The number of aromatic nitrogens is 2. The molecular weight excluding hydrogens is 712 g/mol. The van der Waals surface area contributed by atoms with Gasteiger partial charge in [-0.1, -0.05) is 54.6 Å². The van der Waals surface area contributed by atoms with Crippen LogP contribution in [0.5, 0.6) is 17.2 Å². The van der Waals surface area contributed by atoms with Gasteiger partial charge in [0.05, 0.1) is 0 Å². The average Bonchev–Trinajstić information content (AvgIpc) is 3.66. The first-order chi connectivity index (χ1) is 26.4. The number of carboxylic acids is 2. The van der Waals surface area contributed by atoms with Gasteiger partial charge in [-0.2, -0.15) is 0 Å². The van der Waals surface area contributed by atoms with Crippen molar-refractivity contribution in [2.75, 3.05) is 13.1 Å². The Morgan fingerprint density at radius 2 is 0.945 bits per heavy atom. The van der Waals surface area contributed by atoms with Gasteiger partial charge in [-0.15, -0.1) is 0 Å². The maximum atomic E-state index is 13.2. The van der Waals surface area contributed by atoms with E-state index in [1.54, 1.807) is 60.7 Å². The molecule has 55 heavy (non-hydrogen) atoms. The van der Waals surface area contributed by atoms with Crippen molar-refractivity contribution in [1.29, 1.82) is 0 Å². The number of aromatic hydroxyl groups is 3. The van der Waals surface area contributed by atoms with Crippen LogP contribution >= 0.6 is 0 Å². The zero-order valence-electron chi connectivity index (χ0n) is 28.9. The number of fused-ring (bicyclic) bond motifs is 6. The number of rotatable bonds is 6. The molecule has 4 amide bonds. The zero-order valence-corrected chi connectivity index (χ0v) is 28.9. The molecule has 0 aliphatic carbocycles. The Bertz CT molecular complexity index is 2570. The molecule has 6 aromatic rings. The van der Waals surface area contributed by atoms with Gasteiger partial charge in [0, 0.05) is 46.0 Å². The lowest BCUT2D eigenvalue weighted by Crippen LogP contribution is -2.43. The highest BCUT2D eigenvalue weighted by atomic mass is 16.4. The first kappa shape index (κ1) is 36.0. The van der Waals surface area contributed by atoms with Crippen LogP contribution in [0.15, 0.2) is 91.0 Å². The predicted octanol–water partition coefficient (Wildman–Crippen LogP) is 4.25. The molecular formula is C40H32N4O11. The molecule has 2 aliphatic heterocycles. The van der Waals surface area contributed by atoms with E-state index in [9.17, 15) is 54.3 Å². The second kappa shape index (κ2) is 14.2. The molecule has 278 valence electrons. The molecule has 0 saturated carbocycles. The van der Waals surface area contributed by atoms with E-state index in [1.807, 2.05) is 18.2 Å². The van der Waals surface area contributed by atoms with Crippen LogP contribution in [0.4, 0.5) is 0 Å². The Morgan fingerprint density at radius 3 is 1.38 bits per heavy atom. The number of phenols is 3. The van der Waals surface area contributed by atoms with Gasteiger partial charge in [0.1, 0.15) is 24.5 Å². The summed E-state index contributed by atoms with van der Waals surface area (Å²) in [4.78, 5) is 76.7. The first-order valence-corrected chi connectivity index (χ1v) is 17.0. The number of carbonyl (C=O) groups excluding carboxylic acids is 4. The highest BCUT2D eigenvalue weighted by molar-refractivity contribution is 6.14. The number of benzene rings is 4. The first-order valence-electron chi connectivity index (χ1n) is 17.0. The van der Waals surface area contributed by atoms with Crippen molar-refractivity contribution in [1.82, 2.24) is 18.9 Å². The third-order valence-corrected chi connectivity index (χ3v) is 9.63. The average molecular weight is 745 g/mol. The number of phenolic OH excluding ortho intramolecular Hbond substituents is 3. The fourth-order valence-electron chi connectivity index (χ4n) is 7.26. The molecule has 0 unspecified atom stereocenters. The highest BCUT2D eigenvalue weighted by Gasteiger charge is 2.37. The normalized spacial score (nSPS) is 13.6. The van der Waals surface area contributed by atoms with E-state index in [4.69, 9.17) is 0 Å². The second-order valence-electron chi connectivity index (χ2n) is 12.9. The molecule has 5 N–H and O–H groups in total. The third kappa shape index (κ3) is 6.37. The van der Waals surface area contributed by atoms with E-state index >= 15 is 0 Å². The molecule has 0 saturated heterocycles. The lowest BCUT2D eigenvalue weighted by molar-refractivity contribution is -0.138. The van der Waals surface area contributed by atoms with Crippen LogP contribution in [0.25, 0.3) is 21.8 Å². The Hall–Kier alpha value is -7.42. The number of aliphatic carboxylic acids is 2. The summed E-state index contributed by atoms with van der Waals surface area (Å²) in [5.41, 5.74) is 3.44. The quantitative estimate of drug-likeness (QED) is 0.120. The summed E-state index contributed by atoms with van der Waals surface area (Å²) >= 11 is 0. The second-order valence-corrected chi connectivity index (χ2v) is 12.9. The summed E-state index contributed by atoms with van der Waals surface area (Å²) in [6.07, 6.45) is 0.836. The number of imide groups is 2. The van der Waals surface area contributed by atoms with Crippen molar-refractivity contribution in [3.8, 4) is 17.2 Å². The largest absolute Gasteiger partial charge is 0.504 e. The Labute approximate surface area is 311 Å². The van der Waals surface area contributed by atoms with Crippen LogP contribution in [0.2, 0.25) is 0 Å². The molecule has 0 fully saturated rings. The summed E-state index contributed by atoms with van der Waals surface area (Å²) in [6.45, 7) is -0.436. The molecule has 8 rings (SSSR count). The summed E-state index contributed by atoms with van der Waals surface area (Å²) in [5, 5.41) is 48.9. The Balaban J connectivity index is 0.000000170. The number of para-hydroxylation sites is 2. The van der Waals surface area contributed by atoms with E-state index in [-0.39, 0.29) is 36.8 Å². The van der Waals surface area contributed by atoms with E-state index < -0.39 is 53.5 Å². The molecule has 0 radical (unpaired) electrons. The van der Waals surface area contributed by atoms with Crippen molar-refractivity contribution < 1.29 is 54.3 Å². The van der Waals surface area contributed by atoms with Crippen LogP contribution in [-0.2, 0) is 35.5 Å². The Kier molecular flexibility index (Phi) is 9.28. The summed E-state index contributed by atoms with van der Waals surface area (Å²) in [5.74, 6) is -6.58. The smallest absolute Gasteiger partial charge is 0.323 e. The minimum Gasteiger partial charge on any atom is -0.504 e. The number of hydrogen-bond acceptors (Lipinski definition) is 9. The summed E-state index contributed by atoms with van der Waals surface area (Å²) in [7, 11) is 0. The van der Waals surface area contributed by atoms with Crippen LogP contribution < -0.4 is 0 Å². The van der Waals surface area contributed by atoms with Gasteiger partial charge in [-0.3, -0.25) is 38.6 Å². The van der Waals surface area contributed by atoms with Gasteiger partial charge in [-0.05, 0) is 60.4 Å². The predicted molar refractivity (Wildman–Crippen MR) is 195 cm³/mol. The minimum atomic E-state index is -1.13. The number of carbonyl (C=O) groups is 6. The van der Waals surface area contributed by atoms with Gasteiger partial charge in [-0.25, -0.2) is 0 Å². The van der Waals surface area contributed by atoms with E-state index in [1.165, 1.54) is 14.0 Å². The summed E-state index contributed by atoms with van der Waals surface area (Å²) in [6, 6.07) is 24.9. The minimum absolute atomic E-state index is 0.0497. The monoisotopic (exact) mass is 744 g/mol. The van der Waals surface area contributed by atoms with Crippen molar-refractivity contribution in [3.05, 3.63) is 125 Å². The fraction of sp³-hybridized carbons (Fsp3) is 0.150. The van der Waals surface area contributed by atoms with Crippen LogP contribution in [0, 0.1) is 0 Å². The fourth-order valence-corrected chi connectivity index (χ4v) is 7.26. The molecule has 0 bridgehead atoms. The maximum Gasteiger partial charge on any atom is 0.323 e. The lowest BCUT2D eigenvalue weighted by atomic mass is 10.0. The van der Waals surface area contributed by atoms with E-state index in [0.717, 1.165) is 33.4 Å². The van der Waals surface area contributed by atoms with Crippen LogP contribution in [0.3, 0.4) is 0 Å². The van der Waals surface area contributed by atoms with Crippen LogP contribution in [0.1, 0.15) is 52.8 Å². The van der Waals surface area contributed by atoms with Crippen molar-refractivity contribution in [2.45, 2.75) is 25.9 Å². The molecule has 15 heteroatoms. The number of carboxylic acid groups (broad SMARTS) is 2. The van der Waals surface area contributed by atoms with Gasteiger partial charge in [0.15, 0.2) is 17.2 Å². The van der Waals surface area contributed by atoms with E-state index in [0.29, 0.717) is 40.7 Å². The SMILES string of the molecule is O=C(O)Cn1c2c(c3ccccc31)CCN(C(=O)c1cc(O)c(O)c(O)c1)C2=O.O=C(O)Cn1c2c(c3ccccc31)CCN(C(=O)c1ccccc1)C2=O. The van der Waals surface area contributed by atoms with Crippen molar-refractivity contribution >= 4 is 57.4 Å². The molecule has 15 nitrogen and oxygen atoms in total. The topological polar surface area (TPSA) is 220 Å². The van der Waals surface area contributed by atoms with Crippen molar-refractivity contribution in [2.24, 2.45) is 0 Å². The number of amides is 4. The maximum absolute atomic E-state index is 13.2. The third-order valence-electron chi connectivity index (χ3n) is 9.63. The molecule has 0 spiro atoms. The van der Waals surface area contributed by atoms with Gasteiger partial charge in [0.25, 0.3) is 23.6 Å². The highest BCUT2D eigenvalue weighted by Crippen LogP contribution is 2.37. The number of nitrogens with zero attached hydrogens (tertiary/aromatic N) is 4. The lowest BCUT2D eigenvalue weighted by Gasteiger charge is -2.26. The Morgan fingerprint density at radius 1 is 0.545 bits per heavy atom. The molecule has 4 aromatic carbocycles. The standard InChI is InChI=1S/C20H16N2O7.C20H16N2O4/c23-14-7-10(8-15(24)18(14)27)19(28)21-6-5-12-11-3-1-2-4-13(11)22(9-16(25)26)17(12)20(21)29;23-17(24)12-22-16-9-5-4-8-14(16)15-10-11-21(20(26)18(15)22)19(25)13-6-2-1-3-7-13/h1-4,7-8,23-24,27H,5-6,9H2,(H,25,26);1-9H,10-12H2,(H,23,24). The molecule has 4 heterocycles.